The number of nitrogens with two attached hydrogens (primary N) is 2. The molecule has 4 aromatic carbocycles. The van der Waals surface area contributed by atoms with E-state index in [2.05, 4.69) is 14.7 Å². The number of nitrogens with zero attached hydrogens (tertiary/aromatic N) is 2. The number of amides is 2. The zero-order valence-corrected chi connectivity index (χ0v) is 22.4. The van der Waals surface area contributed by atoms with Gasteiger partial charge in [0.15, 0.2) is 0 Å². The standard InChI is InChI=1S/C29H26N6O5S/c30-21-9-3-8-20(14-21)26(17-27(36)37)34-41(39,40)23-11-5-7-19(16-23)18-6-4-10-22(15-18)35(28(31)38)29-32-24-12-1-2-13-25(24)33-29/h1-16,26,34H,17,30H2,(H2,31,38)(H,32,33)(H,36,37). The van der Waals surface area contributed by atoms with Gasteiger partial charge in [0.2, 0.25) is 16.0 Å². The number of primary amides is 1. The number of carbonyl (C=O) groups is 2. The number of para-hydroxylation sites is 2. The molecule has 208 valence electrons. The Kier molecular flexibility index (Phi) is 7.42. The van der Waals surface area contributed by atoms with Crippen LogP contribution in [0.15, 0.2) is 102 Å². The molecule has 0 fully saturated rings. The summed E-state index contributed by atoms with van der Waals surface area (Å²) in [5.74, 6) is -0.934. The van der Waals surface area contributed by atoms with E-state index < -0.39 is 34.5 Å². The number of aliphatic carboxylic acids is 1. The maximum atomic E-state index is 13.4. The molecule has 2 amide bonds. The van der Waals surface area contributed by atoms with Crippen LogP contribution in [0.2, 0.25) is 0 Å². The number of imidazole rings is 1. The van der Waals surface area contributed by atoms with Gasteiger partial charge in [-0.05, 0) is 65.2 Å². The van der Waals surface area contributed by atoms with Crippen LogP contribution in [0.1, 0.15) is 18.0 Å². The molecule has 1 aromatic heterocycles. The van der Waals surface area contributed by atoms with Gasteiger partial charge in [-0.25, -0.2) is 27.8 Å². The van der Waals surface area contributed by atoms with Crippen molar-refractivity contribution < 1.29 is 23.1 Å². The average Bonchev–Trinajstić information content (AvgIpc) is 3.36. The first-order chi connectivity index (χ1) is 19.6. The van der Waals surface area contributed by atoms with Gasteiger partial charge in [-0.1, -0.05) is 48.5 Å². The minimum absolute atomic E-state index is 0.0660. The topological polar surface area (TPSA) is 184 Å². The molecule has 0 aliphatic rings. The molecule has 0 saturated carbocycles. The molecule has 1 heterocycles. The molecule has 5 aromatic rings. The summed E-state index contributed by atoms with van der Waals surface area (Å²) >= 11 is 0. The Morgan fingerprint density at radius 2 is 1.63 bits per heavy atom. The van der Waals surface area contributed by atoms with Gasteiger partial charge < -0.3 is 21.6 Å². The van der Waals surface area contributed by atoms with Gasteiger partial charge in [0.1, 0.15) is 0 Å². The van der Waals surface area contributed by atoms with Crippen molar-refractivity contribution in [2.45, 2.75) is 17.4 Å². The van der Waals surface area contributed by atoms with Crippen LogP contribution in [0.25, 0.3) is 22.2 Å². The summed E-state index contributed by atoms with van der Waals surface area (Å²) in [6.45, 7) is 0. The highest BCUT2D eigenvalue weighted by Gasteiger charge is 2.25. The first-order valence-electron chi connectivity index (χ1n) is 12.4. The Morgan fingerprint density at radius 3 is 2.34 bits per heavy atom. The molecule has 0 radical (unpaired) electrons. The van der Waals surface area contributed by atoms with Crippen molar-refractivity contribution in [1.82, 2.24) is 14.7 Å². The zero-order valence-electron chi connectivity index (χ0n) is 21.6. The van der Waals surface area contributed by atoms with Gasteiger partial charge in [-0.2, -0.15) is 0 Å². The Labute approximate surface area is 235 Å². The normalized spacial score (nSPS) is 12.2. The number of carboxylic acids is 1. The van der Waals surface area contributed by atoms with Crippen molar-refractivity contribution in [3.8, 4) is 11.1 Å². The van der Waals surface area contributed by atoms with Crippen LogP contribution in [0, 0.1) is 0 Å². The van der Waals surface area contributed by atoms with Crippen molar-refractivity contribution in [3.05, 3.63) is 103 Å². The van der Waals surface area contributed by atoms with Crippen molar-refractivity contribution in [3.63, 3.8) is 0 Å². The first kappa shape index (κ1) is 27.4. The molecule has 1 atom stereocenters. The number of nitrogen functional groups attached to an aromatic ring is 1. The molecule has 5 rings (SSSR count). The van der Waals surface area contributed by atoms with Gasteiger partial charge in [0.25, 0.3) is 0 Å². The Balaban J connectivity index is 1.47. The molecule has 0 aliphatic carbocycles. The molecule has 0 spiro atoms. The van der Waals surface area contributed by atoms with Crippen molar-refractivity contribution in [1.29, 1.82) is 0 Å². The SMILES string of the molecule is NC(=O)N(c1cccc(-c2cccc(S(=O)(=O)NC(CC(=O)O)c3cccc(N)c3)c2)c1)c1nc2ccccc2[nH]1. The van der Waals surface area contributed by atoms with Gasteiger partial charge in [0.05, 0.1) is 34.1 Å². The summed E-state index contributed by atoms with van der Waals surface area (Å²) in [6, 6.07) is 24.9. The number of rotatable bonds is 9. The number of benzene rings is 4. The van der Waals surface area contributed by atoms with Crippen LogP contribution in [-0.2, 0) is 14.8 Å². The zero-order chi connectivity index (χ0) is 29.1. The predicted molar refractivity (Wildman–Crippen MR) is 156 cm³/mol. The molecule has 0 saturated heterocycles. The highest BCUT2D eigenvalue weighted by atomic mass is 32.2. The van der Waals surface area contributed by atoms with E-state index in [-0.39, 0.29) is 10.8 Å². The molecule has 0 bridgehead atoms. The number of carboxylic acid groups (broad SMARTS) is 1. The minimum Gasteiger partial charge on any atom is -0.481 e. The summed E-state index contributed by atoms with van der Waals surface area (Å²) in [4.78, 5) is 32.7. The summed E-state index contributed by atoms with van der Waals surface area (Å²) in [6.07, 6.45) is -0.477. The quantitative estimate of drug-likeness (QED) is 0.161. The lowest BCUT2D eigenvalue weighted by Gasteiger charge is -2.19. The fourth-order valence-corrected chi connectivity index (χ4v) is 5.77. The summed E-state index contributed by atoms with van der Waals surface area (Å²) < 4.78 is 29.3. The Bertz CT molecular complexity index is 1840. The van der Waals surface area contributed by atoms with E-state index in [0.717, 1.165) is 5.52 Å². The second kappa shape index (κ2) is 11.1. The molecule has 11 nitrogen and oxygen atoms in total. The summed E-state index contributed by atoms with van der Waals surface area (Å²) in [7, 11) is -4.15. The van der Waals surface area contributed by atoms with E-state index in [1.165, 1.54) is 23.1 Å². The maximum Gasteiger partial charge on any atom is 0.326 e. The summed E-state index contributed by atoms with van der Waals surface area (Å²) in [5.41, 5.74) is 15.3. The molecular formula is C29H26N6O5S. The Hall–Kier alpha value is -5.20. The minimum atomic E-state index is -4.15. The lowest BCUT2D eigenvalue weighted by molar-refractivity contribution is -0.137. The average molecular weight is 571 g/mol. The molecule has 7 N–H and O–H groups in total. The van der Waals surface area contributed by atoms with Crippen LogP contribution in [0.4, 0.5) is 22.1 Å². The maximum absolute atomic E-state index is 13.4. The number of H-pyrrole nitrogens is 1. The highest BCUT2D eigenvalue weighted by molar-refractivity contribution is 7.89. The number of hydrogen-bond acceptors (Lipinski definition) is 6. The van der Waals surface area contributed by atoms with Crippen LogP contribution < -0.4 is 21.1 Å². The largest absolute Gasteiger partial charge is 0.481 e. The van der Waals surface area contributed by atoms with E-state index in [1.807, 2.05) is 18.2 Å². The van der Waals surface area contributed by atoms with Gasteiger partial charge in [-0.3, -0.25) is 4.79 Å². The number of sulfonamides is 1. The molecule has 41 heavy (non-hydrogen) atoms. The summed E-state index contributed by atoms with van der Waals surface area (Å²) in [5, 5.41) is 9.40. The van der Waals surface area contributed by atoms with E-state index in [1.54, 1.807) is 60.7 Å². The molecule has 0 aliphatic heterocycles. The lowest BCUT2D eigenvalue weighted by Crippen LogP contribution is -2.32. The number of carbonyl (C=O) groups excluding carboxylic acids is 1. The van der Waals surface area contributed by atoms with Crippen molar-refractivity contribution in [2.24, 2.45) is 5.73 Å². The van der Waals surface area contributed by atoms with Crippen molar-refractivity contribution >= 4 is 50.4 Å². The molecule has 1 unspecified atom stereocenters. The van der Waals surface area contributed by atoms with Crippen molar-refractivity contribution in [2.75, 3.05) is 10.6 Å². The number of anilines is 3. The fraction of sp³-hybridized carbons (Fsp3) is 0.0690. The van der Waals surface area contributed by atoms with Crippen LogP contribution >= 0.6 is 0 Å². The van der Waals surface area contributed by atoms with Gasteiger partial charge in [-0.15, -0.1) is 0 Å². The van der Waals surface area contributed by atoms with E-state index in [0.29, 0.717) is 33.6 Å². The molecule has 12 heteroatoms. The second-order valence-electron chi connectivity index (χ2n) is 9.27. The number of fused-ring (bicyclic) bond motifs is 1. The van der Waals surface area contributed by atoms with Crippen LogP contribution in [0.3, 0.4) is 0 Å². The Morgan fingerprint density at radius 1 is 0.927 bits per heavy atom. The first-order valence-corrected chi connectivity index (χ1v) is 13.9. The smallest absolute Gasteiger partial charge is 0.326 e. The number of aromatic amines is 1. The van der Waals surface area contributed by atoms with Crippen LogP contribution in [0.5, 0.6) is 0 Å². The lowest BCUT2D eigenvalue weighted by atomic mass is 10.0. The number of nitrogens with one attached hydrogen (secondary N) is 2. The van der Waals surface area contributed by atoms with Gasteiger partial charge >= 0.3 is 12.0 Å². The van der Waals surface area contributed by atoms with E-state index in [9.17, 15) is 23.1 Å². The van der Waals surface area contributed by atoms with E-state index >= 15 is 0 Å². The van der Waals surface area contributed by atoms with Gasteiger partial charge in [0, 0.05) is 5.69 Å². The predicted octanol–water partition coefficient (Wildman–Crippen LogP) is 4.52. The third-order valence-corrected chi connectivity index (χ3v) is 7.85. The monoisotopic (exact) mass is 570 g/mol. The third-order valence-electron chi connectivity index (χ3n) is 6.38. The third kappa shape index (κ3) is 6.03. The highest BCUT2D eigenvalue weighted by Crippen LogP contribution is 2.31. The number of urea groups is 1. The van der Waals surface area contributed by atoms with E-state index in [4.69, 9.17) is 11.5 Å². The number of hydrogen-bond donors (Lipinski definition) is 5. The molecular weight excluding hydrogens is 544 g/mol. The number of aromatic nitrogens is 2. The second-order valence-corrected chi connectivity index (χ2v) is 11.0. The fourth-order valence-electron chi connectivity index (χ4n) is 4.50. The van der Waals surface area contributed by atoms with Crippen LogP contribution in [-0.4, -0.2) is 35.5 Å².